The largest absolute Gasteiger partial charge is 0.456 e. The highest BCUT2D eigenvalue weighted by molar-refractivity contribution is 7.98. The average molecular weight is 412 g/mol. The quantitative estimate of drug-likeness (QED) is 0.505. The molecule has 5 nitrogen and oxygen atoms in total. The molecule has 1 atom stereocenters. The molecule has 0 fully saturated rings. The Morgan fingerprint density at radius 2 is 1.79 bits per heavy atom. The highest BCUT2D eigenvalue weighted by Crippen LogP contribution is 2.23. The Balaban J connectivity index is 1.59. The first-order valence-corrected chi connectivity index (χ1v) is 11.1. The molecule has 0 aliphatic heterocycles. The van der Waals surface area contributed by atoms with Gasteiger partial charge in [0.2, 0.25) is 0 Å². The first-order chi connectivity index (χ1) is 14.1. The van der Waals surface area contributed by atoms with Gasteiger partial charge in [0.1, 0.15) is 6.04 Å². The fraction of sp³-hybridized carbons (Fsp3) is 0.348. The molecule has 0 bridgehead atoms. The Morgan fingerprint density at radius 1 is 1.03 bits per heavy atom. The lowest BCUT2D eigenvalue weighted by Gasteiger charge is -2.17. The molecule has 6 heteroatoms. The van der Waals surface area contributed by atoms with Crippen molar-refractivity contribution in [3.63, 3.8) is 0 Å². The third-order valence-corrected chi connectivity index (χ3v) is 5.65. The van der Waals surface area contributed by atoms with Crippen molar-refractivity contribution in [3.8, 4) is 0 Å². The van der Waals surface area contributed by atoms with Crippen molar-refractivity contribution in [2.45, 2.75) is 31.7 Å². The molecule has 2 aromatic carbocycles. The van der Waals surface area contributed by atoms with Crippen molar-refractivity contribution in [3.05, 3.63) is 70.8 Å². The Hall–Kier alpha value is -2.60. The van der Waals surface area contributed by atoms with Gasteiger partial charge in [-0.25, -0.2) is 4.79 Å². The number of carbonyl (C=O) groups is 3. The SMILES string of the molecule is CSCC[C@H](NC(=O)c1ccccc1)C(=O)OCC(=O)c1ccc2c(c1)CCC2. The molecule has 1 amide bonds. The lowest BCUT2D eigenvalue weighted by atomic mass is 10.0. The number of benzene rings is 2. The summed E-state index contributed by atoms with van der Waals surface area (Å²) in [6.45, 7) is -0.325. The second-order valence-electron chi connectivity index (χ2n) is 7.04. The first kappa shape index (κ1) is 21.1. The van der Waals surface area contributed by atoms with Gasteiger partial charge in [0.25, 0.3) is 5.91 Å². The maximum atomic E-state index is 12.5. The molecule has 3 rings (SSSR count). The molecule has 2 aromatic rings. The number of hydrogen-bond acceptors (Lipinski definition) is 5. The van der Waals surface area contributed by atoms with Gasteiger partial charge in [0, 0.05) is 11.1 Å². The highest BCUT2D eigenvalue weighted by atomic mass is 32.2. The minimum atomic E-state index is -0.789. The van der Waals surface area contributed by atoms with Gasteiger partial charge in [0.15, 0.2) is 12.4 Å². The summed E-state index contributed by atoms with van der Waals surface area (Å²) < 4.78 is 5.26. The molecule has 0 saturated carbocycles. The number of thioether (sulfide) groups is 1. The van der Waals surface area contributed by atoms with E-state index in [-0.39, 0.29) is 18.3 Å². The van der Waals surface area contributed by atoms with E-state index in [0.29, 0.717) is 23.3 Å². The second-order valence-corrected chi connectivity index (χ2v) is 8.03. The first-order valence-electron chi connectivity index (χ1n) is 9.75. The summed E-state index contributed by atoms with van der Waals surface area (Å²) in [5.41, 5.74) is 3.53. The van der Waals surface area contributed by atoms with Crippen LogP contribution in [0.5, 0.6) is 0 Å². The number of hydrogen-bond donors (Lipinski definition) is 1. The number of nitrogens with one attached hydrogen (secondary N) is 1. The highest BCUT2D eigenvalue weighted by Gasteiger charge is 2.24. The molecule has 0 spiro atoms. The van der Waals surface area contributed by atoms with Crippen LogP contribution in [0.15, 0.2) is 48.5 Å². The molecule has 0 saturated heterocycles. The van der Waals surface area contributed by atoms with Crippen molar-refractivity contribution in [1.82, 2.24) is 5.32 Å². The molecular formula is C23H25NO4S. The second kappa shape index (κ2) is 10.3. The summed E-state index contributed by atoms with van der Waals surface area (Å²) in [6, 6.07) is 13.6. The third kappa shape index (κ3) is 5.70. The van der Waals surface area contributed by atoms with Crippen LogP contribution in [0.4, 0.5) is 0 Å². The number of Topliss-reactive ketones (excluding diaryl/α,β-unsaturated/α-hetero) is 1. The number of carbonyl (C=O) groups excluding carboxylic acids is 3. The van der Waals surface area contributed by atoms with Crippen LogP contribution in [-0.2, 0) is 22.4 Å². The molecule has 1 N–H and O–H groups in total. The molecule has 0 heterocycles. The lowest BCUT2D eigenvalue weighted by molar-refractivity contribution is -0.144. The average Bonchev–Trinajstić information content (AvgIpc) is 3.23. The molecule has 152 valence electrons. The van der Waals surface area contributed by atoms with Gasteiger partial charge < -0.3 is 10.1 Å². The Bertz CT molecular complexity index is 882. The van der Waals surface area contributed by atoms with Crippen molar-refractivity contribution in [2.75, 3.05) is 18.6 Å². The molecule has 1 aliphatic carbocycles. The monoisotopic (exact) mass is 411 g/mol. The molecule has 1 aliphatic rings. The van der Waals surface area contributed by atoms with Gasteiger partial charge in [0.05, 0.1) is 0 Å². The smallest absolute Gasteiger partial charge is 0.329 e. The van der Waals surface area contributed by atoms with Crippen molar-refractivity contribution in [1.29, 1.82) is 0 Å². The maximum absolute atomic E-state index is 12.5. The predicted molar refractivity (Wildman–Crippen MR) is 114 cm³/mol. The van der Waals surface area contributed by atoms with Crippen LogP contribution in [0.2, 0.25) is 0 Å². The van der Waals surface area contributed by atoms with Crippen LogP contribution in [-0.4, -0.2) is 42.3 Å². The van der Waals surface area contributed by atoms with E-state index in [0.717, 1.165) is 19.3 Å². The van der Waals surface area contributed by atoms with Gasteiger partial charge in [-0.1, -0.05) is 30.3 Å². The molecule has 0 radical (unpaired) electrons. The van der Waals surface area contributed by atoms with Crippen LogP contribution >= 0.6 is 11.8 Å². The zero-order chi connectivity index (χ0) is 20.6. The molecule has 29 heavy (non-hydrogen) atoms. The van der Waals surface area contributed by atoms with E-state index in [1.807, 2.05) is 24.5 Å². The summed E-state index contributed by atoms with van der Waals surface area (Å²) in [5.74, 6) is -0.462. The van der Waals surface area contributed by atoms with Gasteiger partial charge in [-0.2, -0.15) is 11.8 Å². The minimum absolute atomic E-state index is 0.231. The fourth-order valence-corrected chi connectivity index (χ4v) is 3.85. The van der Waals surface area contributed by atoms with E-state index in [1.165, 1.54) is 11.1 Å². The maximum Gasteiger partial charge on any atom is 0.329 e. The summed E-state index contributed by atoms with van der Waals surface area (Å²) in [5, 5.41) is 2.73. The van der Waals surface area contributed by atoms with E-state index in [9.17, 15) is 14.4 Å². The number of rotatable bonds is 9. The number of ether oxygens (including phenoxy) is 1. The Labute approximate surface area is 175 Å². The van der Waals surface area contributed by atoms with Gasteiger partial charge >= 0.3 is 5.97 Å². The standard InChI is InChI=1S/C23H25NO4S/c1-29-13-12-20(24-22(26)17-6-3-2-4-7-17)23(27)28-15-21(25)19-11-10-16-8-5-9-18(16)14-19/h2-4,6-7,10-11,14,20H,5,8-9,12-13,15H2,1H3,(H,24,26)/t20-/m0/s1. The van der Waals surface area contributed by atoms with E-state index in [1.54, 1.807) is 42.1 Å². The Morgan fingerprint density at radius 3 is 2.55 bits per heavy atom. The van der Waals surface area contributed by atoms with Gasteiger partial charge in [-0.15, -0.1) is 0 Å². The van der Waals surface area contributed by atoms with Crippen molar-refractivity contribution >= 4 is 29.4 Å². The van der Waals surface area contributed by atoms with Crippen LogP contribution in [0.1, 0.15) is 44.7 Å². The molecule has 0 aromatic heterocycles. The van der Waals surface area contributed by atoms with E-state index < -0.39 is 12.0 Å². The van der Waals surface area contributed by atoms with Crippen molar-refractivity contribution < 1.29 is 19.1 Å². The predicted octanol–water partition coefficient (Wildman–Crippen LogP) is 3.45. The minimum Gasteiger partial charge on any atom is -0.456 e. The Kier molecular flexibility index (Phi) is 7.47. The normalized spacial score (nSPS) is 13.4. The zero-order valence-corrected chi connectivity index (χ0v) is 17.3. The fourth-order valence-electron chi connectivity index (χ4n) is 3.38. The van der Waals surface area contributed by atoms with Crippen LogP contribution in [0, 0.1) is 0 Å². The van der Waals surface area contributed by atoms with E-state index >= 15 is 0 Å². The molecule has 0 unspecified atom stereocenters. The zero-order valence-electron chi connectivity index (χ0n) is 16.5. The van der Waals surface area contributed by atoms with Crippen molar-refractivity contribution in [2.24, 2.45) is 0 Å². The van der Waals surface area contributed by atoms with Gasteiger partial charge in [-0.3, -0.25) is 9.59 Å². The van der Waals surface area contributed by atoms with E-state index in [2.05, 4.69) is 5.32 Å². The number of ketones is 1. The number of amides is 1. The summed E-state index contributed by atoms with van der Waals surface area (Å²) in [4.78, 5) is 37.4. The summed E-state index contributed by atoms with van der Waals surface area (Å²) in [6.07, 6.45) is 5.51. The summed E-state index contributed by atoms with van der Waals surface area (Å²) in [7, 11) is 0. The number of esters is 1. The van der Waals surface area contributed by atoms with Crippen LogP contribution in [0.3, 0.4) is 0 Å². The number of aryl methyl sites for hydroxylation is 2. The topological polar surface area (TPSA) is 72.5 Å². The van der Waals surface area contributed by atoms with Crippen LogP contribution in [0.25, 0.3) is 0 Å². The van der Waals surface area contributed by atoms with Gasteiger partial charge in [-0.05, 0) is 67.0 Å². The van der Waals surface area contributed by atoms with Crippen LogP contribution < -0.4 is 5.32 Å². The summed E-state index contributed by atoms with van der Waals surface area (Å²) >= 11 is 1.58. The molecular weight excluding hydrogens is 386 g/mol. The van der Waals surface area contributed by atoms with E-state index in [4.69, 9.17) is 4.74 Å². The number of fused-ring (bicyclic) bond motifs is 1. The lowest BCUT2D eigenvalue weighted by Crippen LogP contribution is -2.42. The third-order valence-electron chi connectivity index (χ3n) is 5.00.